The Kier molecular flexibility index (Phi) is 5.74. The number of rotatable bonds is 4. The largest absolute Gasteiger partial charge is 0.508 e. The number of fused-ring (bicyclic) bond motifs is 2. The van der Waals surface area contributed by atoms with Crippen LogP contribution in [-0.2, 0) is 9.53 Å². The van der Waals surface area contributed by atoms with Crippen LogP contribution >= 0.6 is 11.3 Å². The van der Waals surface area contributed by atoms with Crippen LogP contribution in [0.4, 0.5) is 0 Å². The number of thiazole rings is 1. The summed E-state index contributed by atoms with van der Waals surface area (Å²) in [5.74, 6) is -0.742. The molecule has 2 heterocycles. The molecule has 3 aromatic carbocycles. The molecule has 4 aromatic rings. The molecule has 0 radical (unpaired) electrons. The van der Waals surface area contributed by atoms with Gasteiger partial charge in [0.15, 0.2) is 4.80 Å². The van der Waals surface area contributed by atoms with Gasteiger partial charge in [-0.15, -0.1) is 0 Å². The minimum Gasteiger partial charge on any atom is -0.508 e. The molecular formula is C27H22N2O5S. The lowest BCUT2D eigenvalue weighted by molar-refractivity contribution is -0.139. The number of benzene rings is 3. The molecule has 35 heavy (non-hydrogen) atoms. The van der Waals surface area contributed by atoms with E-state index in [-0.39, 0.29) is 23.7 Å². The average Bonchev–Trinajstić information content (AvgIpc) is 3.14. The molecule has 5 rings (SSSR count). The normalized spacial score (nSPS) is 15.7. The zero-order valence-corrected chi connectivity index (χ0v) is 19.9. The number of ether oxygens (including phenoxy) is 1. The molecule has 1 aliphatic heterocycles. The van der Waals surface area contributed by atoms with Gasteiger partial charge in [0, 0.05) is 11.6 Å². The second-order valence-electron chi connectivity index (χ2n) is 8.11. The average molecular weight is 487 g/mol. The van der Waals surface area contributed by atoms with E-state index in [1.807, 2.05) is 42.5 Å². The number of hydrogen-bond acceptors (Lipinski definition) is 7. The minimum absolute atomic E-state index is 0.0771. The van der Waals surface area contributed by atoms with Gasteiger partial charge in [-0.2, -0.15) is 0 Å². The van der Waals surface area contributed by atoms with Gasteiger partial charge in [-0.3, -0.25) is 9.36 Å². The third-order valence-corrected chi connectivity index (χ3v) is 6.92. The Bertz CT molecular complexity index is 1690. The summed E-state index contributed by atoms with van der Waals surface area (Å²) < 4.78 is 7.23. The van der Waals surface area contributed by atoms with Crippen molar-refractivity contribution in [1.29, 1.82) is 0 Å². The molecule has 1 atom stereocenters. The molecule has 1 aromatic heterocycles. The van der Waals surface area contributed by atoms with Crippen LogP contribution in [0.3, 0.4) is 0 Å². The Hall–Kier alpha value is -4.17. The lowest BCUT2D eigenvalue weighted by Crippen LogP contribution is -2.40. The Balaban J connectivity index is 1.81. The predicted octanol–water partition coefficient (Wildman–Crippen LogP) is 3.36. The third-order valence-electron chi connectivity index (χ3n) is 5.94. The zero-order chi connectivity index (χ0) is 24.7. The predicted molar refractivity (Wildman–Crippen MR) is 134 cm³/mol. The molecule has 0 amide bonds. The number of hydrogen-bond donors (Lipinski definition) is 2. The monoisotopic (exact) mass is 486 g/mol. The Morgan fingerprint density at radius 2 is 1.91 bits per heavy atom. The fourth-order valence-electron chi connectivity index (χ4n) is 4.37. The second-order valence-corrected chi connectivity index (χ2v) is 9.12. The summed E-state index contributed by atoms with van der Waals surface area (Å²) in [5, 5.41) is 21.7. The van der Waals surface area contributed by atoms with Gasteiger partial charge < -0.3 is 14.9 Å². The van der Waals surface area contributed by atoms with Crippen LogP contribution < -0.4 is 14.9 Å². The molecule has 0 bridgehead atoms. The Labute approximate surface area is 204 Å². The van der Waals surface area contributed by atoms with Crippen molar-refractivity contribution in [2.24, 2.45) is 4.99 Å². The molecule has 0 saturated carbocycles. The fraction of sp³-hybridized carbons (Fsp3) is 0.148. The van der Waals surface area contributed by atoms with Crippen LogP contribution in [0.2, 0.25) is 0 Å². The van der Waals surface area contributed by atoms with Crippen LogP contribution in [0.15, 0.2) is 81.7 Å². The third kappa shape index (κ3) is 3.91. The number of esters is 1. The smallest absolute Gasteiger partial charge is 0.338 e. The first kappa shape index (κ1) is 22.6. The van der Waals surface area contributed by atoms with E-state index in [1.54, 1.807) is 19.9 Å². The van der Waals surface area contributed by atoms with E-state index in [0.717, 1.165) is 16.3 Å². The van der Waals surface area contributed by atoms with Crippen molar-refractivity contribution in [1.82, 2.24) is 4.57 Å². The van der Waals surface area contributed by atoms with Gasteiger partial charge in [0.2, 0.25) is 0 Å². The number of phenols is 2. The highest BCUT2D eigenvalue weighted by Gasteiger charge is 2.34. The maximum Gasteiger partial charge on any atom is 0.338 e. The van der Waals surface area contributed by atoms with E-state index in [0.29, 0.717) is 26.2 Å². The molecule has 8 heteroatoms. The maximum atomic E-state index is 13.7. The summed E-state index contributed by atoms with van der Waals surface area (Å²) in [6.45, 7) is 3.68. The molecule has 0 unspecified atom stereocenters. The van der Waals surface area contributed by atoms with Gasteiger partial charge in [0.05, 0.1) is 28.5 Å². The summed E-state index contributed by atoms with van der Waals surface area (Å²) in [6.07, 6.45) is 1.56. The number of allylic oxidation sites excluding steroid dienone is 1. The molecule has 0 aliphatic carbocycles. The quantitative estimate of drug-likeness (QED) is 0.431. The van der Waals surface area contributed by atoms with E-state index in [4.69, 9.17) is 4.74 Å². The second kappa shape index (κ2) is 8.88. The molecule has 0 saturated heterocycles. The Morgan fingerprint density at radius 1 is 1.14 bits per heavy atom. The zero-order valence-electron chi connectivity index (χ0n) is 19.1. The number of phenolic OH excluding ortho intramolecular Hbond substituents is 2. The topological polar surface area (TPSA) is 101 Å². The fourth-order valence-corrected chi connectivity index (χ4v) is 5.41. The van der Waals surface area contributed by atoms with E-state index < -0.39 is 12.0 Å². The van der Waals surface area contributed by atoms with Gasteiger partial charge in [0.25, 0.3) is 5.56 Å². The highest BCUT2D eigenvalue weighted by Crippen LogP contribution is 2.34. The van der Waals surface area contributed by atoms with Crippen molar-refractivity contribution in [2.45, 2.75) is 19.9 Å². The number of carbonyl (C=O) groups excluding carboxylic acids is 1. The van der Waals surface area contributed by atoms with Gasteiger partial charge >= 0.3 is 5.97 Å². The van der Waals surface area contributed by atoms with E-state index >= 15 is 0 Å². The molecule has 1 aliphatic rings. The van der Waals surface area contributed by atoms with Crippen LogP contribution in [0, 0.1) is 0 Å². The van der Waals surface area contributed by atoms with E-state index in [9.17, 15) is 19.8 Å². The van der Waals surface area contributed by atoms with Crippen LogP contribution in [0.25, 0.3) is 16.8 Å². The number of nitrogens with zero attached hydrogens (tertiary/aromatic N) is 2. The number of aromatic nitrogens is 1. The van der Waals surface area contributed by atoms with Crippen molar-refractivity contribution in [3.8, 4) is 11.5 Å². The molecule has 2 N–H and O–H groups in total. The highest BCUT2D eigenvalue weighted by molar-refractivity contribution is 7.07. The van der Waals surface area contributed by atoms with E-state index in [2.05, 4.69) is 4.99 Å². The standard InChI is InChI=1S/C27H22N2O5S/c1-3-34-26(33)23-15(2)28-27-29(24(23)20-10-6-8-16-7-4-5-9-19(16)20)25(32)22(35-27)13-17-11-12-18(30)14-21(17)31/h4-14,24,30-31H,3H2,1-2H3/t24-/m0/s1. The molecular weight excluding hydrogens is 464 g/mol. The van der Waals surface area contributed by atoms with Crippen LogP contribution in [0.5, 0.6) is 11.5 Å². The lowest BCUT2D eigenvalue weighted by Gasteiger charge is -2.25. The van der Waals surface area contributed by atoms with Crippen molar-refractivity contribution in [3.63, 3.8) is 0 Å². The van der Waals surface area contributed by atoms with Crippen LogP contribution in [-0.4, -0.2) is 27.4 Å². The summed E-state index contributed by atoms with van der Waals surface area (Å²) in [7, 11) is 0. The summed E-state index contributed by atoms with van der Waals surface area (Å²) >= 11 is 1.17. The van der Waals surface area contributed by atoms with Gasteiger partial charge in [-0.1, -0.05) is 53.8 Å². The SMILES string of the molecule is CCOC(=O)C1=C(C)N=c2sc(=Cc3ccc(O)cc3O)c(=O)n2[C@H]1c1cccc2ccccc12. The number of carbonyl (C=O) groups is 1. The summed E-state index contributed by atoms with van der Waals surface area (Å²) in [6, 6.07) is 17.1. The highest BCUT2D eigenvalue weighted by atomic mass is 32.1. The van der Waals surface area contributed by atoms with Crippen molar-refractivity contribution >= 4 is 34.2 Å². The van der Waals surface area contributed by atoms with Crippen molar-refractivity contribution in [2.75, 3.05) is 6.61 Å². The molecule has 7 nitrogen and oxygen atoms in total. The first-order valence-corrected chi connectivity index (χ1v) is 11.9. The number of aromatic hydroxyl groups is 2. The van der Waals surface area contributed by atoms with Crippen molar-refractivity contribution in [3.05, 3.63) is 103 Å². The summed E-state index contributed by atoms with van der Waals surface area (Å²) in [4.78, 5) is 31.9. The first-order valence-electron chi connectivity index (χ1n) is 11.1. The van der Waals surface area contributed by atoms with Gasteiger partial charge in [-0.25, -0.2) is 9.79 Å². The van der Waals surface area contributed by atoms with E-state index in [1.165, 1.54) is 34.1 Å². The van der Waals surface area contributed by atoms with Crippen molar-refractivity contribution < 1.29 is 19.7 Å². The minimum atomic E-state index is -0.730. The van der Waals surface area contributed by atoms with Gasteiger partial charge in [0.1, 0.15) is 11.5 Å². The molecule has 0 fully saturated rings. The maximum absolute atomic E-state index is 13.7. The van der Waals surface area contributed by atoms with Crippen LogP contribution in [0.1, 0.15) is 31.0 Å². The summed E-state index contributed by atoms with van der Waals surface area (Å²) in [5.41, 5.74) is 1.64. The molecule has 176 valence electrons. The van der Waals surface area contributed by atoms with Gasteiger partial charge in [-0.05, 0) is 48.4 Å². The lowest BCUT2D eigenvalue weighted by atomic mass is 9.91. The first-order chi connectivity index (χ1) is 16.9. The molecule has 0 spiro atoms. The Morgan fingerprint density at radius 3 is 2.69 bits per heavy atom.